The summed E-state index contributed by atoms with van der Waals surface area (Å²) < 4.78 is 34.5. The third-order valence-corrected chi connectivity index (χ3v) is 5.31. The van der Waals surface area contributed by atoms with Gasteiger partial charge in [-0.05, 0) is 42.3 Å². The zero-order valence-corrected chi connectivity index (χ0v) is 14.4. The largest absolute Gasteiger partial charge is 0.497 e. The van der Waals surface area contributed by atoms with E-state index in [-0.39, 0.29) is 4.90 Å². The molecule has 1 N–H and O–H groups in total. The Kier molecular flexibility index (Phi) is 4.55. The number of fused-ring (bicyclic) bond motifs is 1. The number of benzene rings is 2. The second-order valence-electron chi connectivity index (χ2n) is 5.51. The van der Waals surface area contributed by atoms with E-state index in [2.05, 4.69) is 9.71 Å². The Labute approximate surface area is 141 Å². The molecule has 0 bridgehead atoms. The topological polar surface area (TPSA) is 73.2 Å². The van der Waals surface area contributed by atoms with E-state index in [9.17, 15) is 8.42 Å². The lowest BCUT2D eigenvalue weighted by molar-refractivity contribution is 0.414. The Hall–Kier alpha value is -2.38. The fourth-order valence-corrected chi connectivity index (χ4v) is 3.58. The van der Waals surface area contributed by atoms with Crippen molar-refractivity contribution in [1.82, 2.24) is 14.3 Å². The fraction of sp³-hybridized carbons (Fsp3) is 0.235. The molecule has 0 saturated heterocycles. The molecule has 0 fully saturated rings. The van der Waals surface area contributed by atoms with Gasteiger partial charge in [0.25, 0.3) is 0 Å². The maximum absolute atomic E-state index is 12.4. The van der Waals surface area contributed by atoms with Crippen LogP contribution in [0.5, 0.6) is 5.75 Å². The van der Waals surface area contributed by atoms with Gasteiger partial charge in [0.05, 0.1) is 29.4 Å². The molecule has 0 radical (unpaired) electrons. The van der Waals surface area contributed by atoms with Crippen molar-refractivity contribution >= 4 is 21.1 Å². The van der Waals surface area contributed by atoms with Gasteiger partial charge in [-0.25, -0.2) is 18.1 Å². The lowest BCUT2D eigenvalue weighted by Gasteiger charge is -2.08. The molecule has 0 saturated carbocycles. The monoisotopic (exact) mass is 345 g/mol. The Balaban J connectivity index is 1.70. The number of imidazole rings is 1. The number of nitrogens with one attached hydrogen (secondary N) is 1. The minimum absolute atomic E-state index is 0.222. The van der Waals surface area contributed by atoms with E-state index in [1.807, 2.05) is 35.9 Å². The average molecular weight is 345 g/mol. The molecule has 1 heterocycles. The first kappa shape index (κ1) is 16.5. The highest BCUT2D eigenvalue weighted by Gasteiger charge is 2.15. The number of aromatic nitrogens is 2. The zero-order chi connectivity index (χ0) is 17.2. The average Bonchev–Trinajstić information content (AvgIpc) is 2.95. The van der Waals surface area contributed by atoms with Crippen LogP contribution >= 0.6 is 0 Å². The fourth-order valence-electron chi connectivity index (χ4n) is 2.52. The van der Waals surface area contributed by atoms with E-state index in [1.54, 1.807) is 31.6 Å². The lowest BCUT2D eigenvalue weighted by atomic mass is 10.1. The van der Waals surface area contributed by atoms with E-state index in [4.69, 9.17) is 4.74 Å². The lowest BCUT2D eigenvalue weighted by Crippen LogP contribution is -2.26. The van der Waals surface area contributed by atoms with Crippen LogP contribution in [0.4, 0.5) is 0 Å². The van der Waals surface area contributed by atoms with Gasteiger partial charge < -0.3 is 9.30 Å². The van der Waals surface area contributed by atoms with Crippen LogP contribution in [0.1, 0.15) is 5.56 Å². The molecular weight excluding hydrogens is 326 g/mol. The molecule has 3 aromatic rings. The summed E-state index contributed by atoms with van der Waals surface area (Å²) in [6.45, 7) is 0.315. The molecule has 2 aromatic carbocycles. The van der Waals surface area contributed by atoms with E-state index in [0.29, 0.717) is 18.5 Å². The standard InChI is InChI=1S/C17H19N3O3S/c1-20-12-18-16-11-15(6-7-17(16)20)24(21,22)19-9-8-13-4-3-5-14(10-13)23-2/h3-7,10-12,19H,8-9H2,1-2H3. The molecule has 0 aliphatic carbocycles. The quantitative estimate of drug-likeness (QED) is 0.742. The van der Waals surface area contributed by atoms with Crippen LogP contribution in [0.2, 0.25) is 0 Å². The summed E-state index contributed by atoms with van der Waals surface area (Å²) in [6.07, 6.45) is 2.25. The summed E-state index contributed by atoms with van der Waals surface area (Å²) in [6, 6.07) is 12.5. The van der Waals surface area contributed by atoms with Crippen molar-refractivity contribution in [2.75, 3.05) is 13.7 Å². The van der Waals surface area contributed by atoms with Crippen molar-refractivity contribution in [2.24, 2.45) is 7.05 Å². The number of hydrogen-bond donors (Lipinski definition) is 1. The molecule has 0 atom stereocenters. The van der Waals surface area contributed by atoms with E-state index < -0.39 is 10.0 Å². The molecule has 1 aromatic heterocycles. The van der Waals surface area contributed by atoms with Crippen LogP contribution in [-0.2, 0) is 23.5 Å². The highest BCUT2D eigenvalue weighted by atomic mass is 32.2. The maximum Gasteiger partial charge on any atom is 0.240 e. The van der Waals surface area contributed by atoms with Gasteiger partial charge in [-0.1, -0.05) is 12.1 Å². The van der Waals surface area contributed by atoms with Crippen LogP contribution in [0, 0.1) is 0 Å². The van der Waals surface area contributed by atoms with Gasteiger partial charge in [0.1, 0.15) is 5.75 Å². The molecule has 24 heavy (non-hydrogen) atoms. The first-order chi connectivity index (χ1) is 11.5. The number of hydrogen-bond acceptors (Lipinski definition) is 4. The van der Waals surface area contributed by atoms with Crippen molar-refractivity contribution < 1.29 is 13.2 Å². The molecule has 0 spiro atoms. The second-order valence-corrected chi connectivity index (χ2v) is 7.27. The molecular formula is C17H19N3O3S. The van der Waals surface area contributed by atoms with Gasteiger partial charge in [-0.3, -0.25) is 0 Å². The van der Waals surface area contributed by atoms with Crippen LogP contribution in [0.25, 0.3) is 11.0 Å². The minimum atomic E-state index is -3.56. The predicted molar refractivity (Wildman–Crippen MR) is 92.6 cm³/mol. The number of methoxy groups -OCH3 is 1. The van der Waals surface area contributed by atoms with Gasteiger partial charge in [0, 0.05) is 13.6 Å². The first-order valence-electron chi connectivity index (χ1n) is 7.53. The Morgan fingerprint density at radius 1 is 1.21 bits per heavy atom. The number of nitrogens with zero attached hydrogens (tertiary/aromatic N) is 2. The number of aryl methyl sites for hydroxylation is 1. The van der Waals surface area contributed by atoms with Gasteiger partial charge >= 0.3 is 0 Å². The van der Waals surface area contributed by atoms with E-state index in [1.165, 1.54) is 0 Å². The van der Waals surface area contributed by atoms with Crippen molar-refractivity contribution in [3.8, 4) is 5.75 Å². The summed E-state index contributed by atoms with van der Waals surface area (Å²) >= 11 is 0. The molecule has 0 amide bonds. The number of sulfonamides is 1. The van der Waals surface area contributed by atoms with Crippen LogP contribution in [0.3, 0.4) is 0 Å². The molecule has 0 unspecified atom stereocenters. The normalized spacial score (nSPS) is 11.8. The molecule has 6 nitrogen and oxygen atoms in total. The van der Waals surface area contributed by atoms with Crippen LogP contribution in [0.15, 0.2) is 53.7 Å². The van der Waals surface area contributed by atoms with E-state index in [0.717, 1.165) is 16.8 Å². The van der Waals surface area contributed by atoms with Gasteiger partial charge in [0.2, 0.25) is 10.0 Å². The molecule has 3 rings (SSSR count). The number of rotatable bonds is 6. The Morgan fingerprint density at radius 2 is 2.04 bits per heavy atom. The SMILES string of the molecule is COc1cccc(CCNS(=O)(=O)c2ccc3c(c2)ncn3C)c1. The summed E-state index contributed by atoms with van der Waals surface area (Å²) in [7, 11) is -0.0812. The second kappa shape index (κ2) is 6.62. The van der Waals surface area contributed by atoms with Crippen LogP contribution in [-0.4, -0.2) is 31.6 Å². The zero-order valence-electron chi connectivity index (χ0n) is 13.6. The molecule has 126 valence electrons. The summed E-state index contributed by atoms with van der Waals surface area (Å²) in [5.41, 5.74) is 2.57. The van der Waals surface area contributed by atoms with Gasteiger partial charge in [0.15, 0.2) is 0 Å². The summed E-state index contributed by atoms with van der Waals surface area (Å²) in [5.74, 6) is 0.760. The van der Waals surface area contributed by atoms with Gasteiger partial charge in [-0.15, -0.1) is 0 Å². The summed E-state index contributed by atoms with van der Waals surface area (Å²) in [5, 5.41) is 0. The van der Waals surface area contributed by atoms with Crippen molar-refractivity contribution in [3.63, 3.8) is 0 Å². The molecule has 0 aliphatic heterocycles. The third-order valence-electron chi connectivity index (χ3n) is 3.85. The highest BCUT2D eigenvalue weighted by molar-refractivity contribution is 7.89. The van der Waals surface area contributed by atoms with Crippen molar-refractivity contribution in [3.05, 3.63) is 54.4 Å². The maximum atomic E-state index is 12.4. The Morgan fingerprint density at radius 3 is 2.83 bits per heavy atom. The number of ether oxygens (including phenoxy) is 1. The highest BCUT2D eigenvalue weighted by Crippen LogP contribution is 2.18. The molecule has 7 heteroatoms. The predicted octanol–water partition coefficient (Wildman–Crippen LogP) is 2.10. The van der Waals surface area contributed by atoms with E-state index >= 15 is 0 Å². The van der Waals surface area contributed by atoms with Gasteiger partial charge in [-0.2, -0.15) is 0 Å². The van der Waals surface area contributed by atoms with Crippen molar-refractivity contribution in [1.29, 1.82) is 0 Å². The summed E-state index contributed by atoms with van der Waals surface area (Å²) in [4.78, 5) is 4.42. The van der Waals surface area contributed by atoms with Crippen molar-refractivity contribution in [2.45, 2.75) is 11.3 Å². The molecule has 0 aliphatic rings. The van der Waals surface area contributed by atoms with Crippen LogP contribution < -0.4 is 9.46 Å². The first-order valence-corrected chi connectivity index (χ1v) is 9.01. The third kappa shape index (κ3) is 3.42. The Bertz CT molecular complexity index is 964. The minimum Gasteiger partial charge on any atom is -0.497 e. The smallest absolute Gasteiger partial charge is 0.240 e.